The van der Waals surface area contributed by atoms with Gasteiger partial charge in [0.25, 0.3) is 0 Å². The minimum atomic E-state index is 0.545. The Morgan fingerprint density at radius 2 is 2.03 bits per heavy atom. The van der Waals surface area contributed by atoms with Gasteiger partial charge in [0.05, 0.1) is 30.5 Å². The SMILES string of the molecule is COc1cc2c(Nc3c(Cl)ccc4ccoc34)ncnc2cc1OCCC1CCNCC1. The number of rotatable bonds is 7. The van der Waals surface area contributed by atoms with E-state index in [0.717, 1.165) is 35.8 Å². The van der Waals surface area contributed by atoms with Crippen molar-refractivity contribution in [2.24, 2.45) is 5.92 Å². The first-order valence-electron chi connectivity index (χ1n) is 10.8. The maximum atomic E-state index is 6.45. The molecule has 2 aromatic carbocycles. The van der Waals surface area contributed by atoms with Crippen LogP contribution in [0.1, 0.15) is 19.3 Å². The Balaban J connectivity index is 1.42. The molecule has 32 heavy (non-hydrogen) atoms. The number of fused-ring (bicyclic) bond motifs is 2. The maximum absolute atomic E-state index is 6.45. The van der Waals surface area contributed by atoms with Crippen molar-refractivity contribution in [3.63, 3.8) is 0 Å². The molecular weight excluding hydrogens is 428 g/mol. The fraction of sp³-hybridized carbons (Fsp3) is 0.333. The largest absolute Gasteiger partial charge is 0.493 e. The molecule has 1 aliphatic rings. The standard InChI is InChI=1S/C24H25ClN4O3/c1-30-20-12-17-19(13-21(20)31-10-6-15-4-8-26-9-5-15)27-14-28-24(17)29-22-18(25)3-2-16-7-11-32-23(16)22/h2-3,7,11-15,26H,4-6,8-10H2,1H3,(H,27,28,29). The van der Waals surface area contributed by atoms with Gasteiger partial charge in [0.2, 0.25) is 0 Å². The van der Waals surface area contributed by atoms with Crippen LogP contribution in [-0.4, -0.2) is 36.8 Å². The van der Waals surface area contributed by atoms with Crippen molar-refractivity contribution in [2.75, 3.05) is 32.1 Å². The van der Waals surface area contributed by atoms with E-state index in [-0.39, 0.29) is 0 Å². The van der Waals surface area contributed by atoms with Gasteiger partial charge in [-0.1, -0.05) is 11.6 Å². The summed E-state index contributed by atoms with van der Waals surface area (Å²) in [5.74, 6) is 2.64. The molecule has 0 aliphatic carbocycles. The molecular formula is C24H25ClN4O3. The summed E-state index contributed by atoms with van der Waals surface area (Å²) in [7, 11) is 1.64. The summed E-state index contributed by atoms with van der Waals surface area (Å²) in [5, 5.41) is 9.02. The molecule has 2 N–H and O–H groups in total. The molecule has 7 nitrogen and oxygen atoms in total. The number of piperidine rings is 1. The summed E-state index contributed by atoms with van der Waals surface area (Å²) >= 11 is 6.45. The van der Waals surface area contributed by atoms with Crippen LogP contribution in [0.15, 0.2) is 47.3 Å². The Morgan fingerprint density at radius 3 is 2.88 bits per heavy atom. The number of hydrogen-bond donors (Lipinski definition) is 2. The normalized spacial score (nSPS) is 14.7. The first-order valence-corrected chi connectivity index (χ1v) is 11.2. The Kier molecular flexibility index (Phi) is 6.01. The van der Waals surface area contributed by atoms with E-state index in [4.69, 9.17) is 25.5 Å². The summed E-state index contributed by atoms with van der Waals surface area (Å²) < 4.78 is 17.4. The van der Waals surface area contributed by atoms with Crippen molar-refractivity contribution >= 4 is 45.0 Å². The highest BCUT2D eigenvalue weighted by Crippen LogP contribution is 2.38. The van der Waals surface area contributed by atoms with E-state index in [0.29, 0.717) is 46.1 Å². The van der Waals surface area contributed by atoms with Crippen LogP contribution in [0.5, 0.6) is 11.5 Å². The third-order valence-corrected chi connectivity index (χ3v) is 6.29. The number of methoxy groups -OCH3 is 1. The van der Waals surface area contributed by atoms with Gasteiger partial charge in [-0.05, 0) is 62.5 Å². The molecule has 0 bridgehead atoms. The fourth-order valence-corrected chi connectivity index (χ4v) is 4.38. The first kappa shape index (κ1) is 20.8. The summed E-state index contributed by atoms with van der Waals surface area (Å²) in [5.41, 5.74) is 2.09. The Bertz CT molecular complexity index is 1240. The summed E-state index contributed by atoms with van der Waals surface area (Å²) in [6, 6.07) is 9.44. The highest BCUT2D eigenvalue weighted by Gasteiger charge is 2.17. The minimum absolute atomic E-state index is 0.545. The number of aromatic nitrogens is 2. The second-order valence-corrected chi connectivity index (χ2v) is 8.37. The molecule has 2 aromatic heterocycles. The van der Waals surface area contributed by atoms with E-state index in [1.54, 1.807) is 13.4 Å². The van der Waals surface area contributed by atoms with Crippen molar-refractivity contribution in [1.82, 2.24) is 15.3 Å². The van der Waals surface area contributed by atoms with Gasteiger partial charge in [0, 0.05) is 16.8 Å². The average molecular weight is 453 g/mol. The van der Waals surface area contributed by atoms with Crippen LogP contribution in [-0.2, 0) is 0 Å². The van der Waals surface area contributed by atoms with Gasteiger partial charge in [-0.25, -0.2) is 9.97 Å². The maximum Gasteiger partial charge on any atom is 0.163 e. The number of nitrogens with one attached hydrogen (secondary N) is 2. The number of hydrogen-bond acceptors (Lipinski definition) is 7. The summed E-state index contributed by atoms with van der Waals surface area (Å²) in [4.78, 5) is 8.88. The number of anilines is 2. The molecule has 1 aliphatic heterocycles. The van der Waals surface area contributed by atoms with Crippen molar-refractivity contribution in [3.8, 4) is 11.5 Å². The Morgan fingerprint density at radius 1 is 1.16 bits per heavy atom. The molecule has 0 unspecified atom stereocenters. The number of halogens is 1. The molecule has 166 valence electrons. The van der Waals surface area contributed by atoms with Gasteiger partial charge in [0.15, 0.2) is 17.1 Å². The van der Waals surface area contributed by atoms with Crippen molar-refractivity contribution in [1.29, 1.82) is 0 Å². The summed E-state index contributed by atoms with van der Waals surface area (Å²) in [6.45, 7) is 2.83. The second kappa shape index (κ2) is 9.22. The van der Waals surface area contributed by atoms with Gasteiger partial charge in [0.1, 0.15) is 17.8 Å². The number of furan rings is 1. The van der Waals surface area contributed by atoms with Gasteiger partial charge >= 0.3 is 0 Å². The average Bonchev–Trinajstić information content (AvgIpc) is 3.30. The third kappa shape index (κ3) is 4.18. The zero-order valence-electron chi connectivity index (χ0n) is 17.9. The molecule has 8 heteroatoms. The zero-order valence-corrected chi connectivity index (χ0v) is 18.6. The van der Waals surface area contributed by atoms with E-state index in [2.05, 4.69) is 20.6 Å². The Hall–Kier alpha value is -3.03. The molecule has 0 spiro atoms. The predicted octanol–water partition coefficient (Wildman–Crippen LogP) is 5.55. The van der Waals surface area contributed by atoms with Crippen LogP contribution in [0.2, 0.25) is 5.02 Å². The Labute approximate surface area is 191 Å². The third-order valence-electron chi connectivity index (χ3n) is 5.98. The molecule has 5 rings (SSSR count). The molecule has 1 saturated heterocycles. The molecule has 4 aromatic rings. The van der Waals surface area contributed by atoms with E-state index in [1.807, 2.05) is 30.3 Å². The van der Waals surface area contributed by atoms with Crippen molar-refractivity contribution < 1.29 is 13.9 Å². The van der Waals surface area contributed by atoms with E-state index in [1.165, 1.54) is 19.2 Å². The highest BCUT2D eigenvalue weighted by atomic mass is 35.5. The van der Waals surface area contributed by atoms with Crippen LogP contribution >= 0.6 is 11.6 Å². The van der Waals surface area contributed by atoms with Gasteiger partial charge in [-0.3, -0.25) is 0 Å². The van der Waals surface area contributed by atoms with Crippen LogP contribution in [0.3, 0.4) is 0 Å². The molecule has 0 saturated carbocycles. The monoisotopic (exact) mass is 452 g/mol. The smallest absolute Gasteiger partial charge is 0.163 e. The second-order valence-electron chi connectivity index (χ2n) is 7.96. The molecule has 3 heterocycles. The lowest BCUT2D eigenvalue weighted by Crippen LogP contribution is -2.28. The minimum Gasteiger partial charge on any atom is -0.493 e. The van der Waals surface area contributed by atoms with Crippen LogP contribution in [0, 0.1) is 5.92 Å². The molecule has 0 radical (unpaired) electrons. The van der Waals surface area contributed by atoms with Gasteiger partial charge < -0.3 is 24.5 Å². The topological polar surface area (TPSA) is 81.4 Å². The lowest BCUT2D eigenvalue weighted by molar-refractivity contribution is 0.243. The van der Waals surface area contributed by atoms with E-state index < -0.39 is 0 Å². The number of nitrogens with zero attached hydrogens (tertiary/aromatic N) is 2. The fourth-order valence-electron chi connectivity index (χ4n) is 4.19. The van der Waals surface area contributed by atoms with Gasteiger partial charge in [-0.15, -0.1) is 0 Å². The lowest BCUT2D eigenvalue weighted by Gasteiger charge is -2.22. The van der Waals surface area contributed by atoms with Crippen molar-refractivity contribution in [2.45, 2.75) is 19.3 Å². The summed E-state index contributed by atoms with van der Waals surface area (Å²) in [6.07, 6.45) is 6.59. The number of ether oxygens (including phenoxy) is 2. The van der Waals surface area contributed by atoms with Crippen molar-refractivity contribution in [3.05, 3.63) is 47.9 Å². The van der Waals surface area contributed by atoms with E-state index >= 15 is 0 Å². The quantitative estimate of drug-likeness (QED) is 0.380. The van der Waals surface area contributed by atoms with E-state index in [9.17, 15) is 0 Å². The first-order chi connectivity index (χ1) is 15.7. The molecule has 0 amide bonds. The number of benzene rings is 2. The van der Waals surface area contributed by atoms with Gasteiger partial charge in [-0.2, -0.15) is 0 Å². The van der Waals surface area contributed by atoms with Crippen LogP contribution < -0.4 is 20.1 Å². The molecule has 0 atom stereocenters. The highest BCUT2D eigenvalue weighted by molar-refractivity contribution is 6.35. The van der Waals surface area contributed by atoms with Crippen LogP contribution in [0.25, 0.3) is 21.9 Å². The zero-order chi connectivity index (χ0) is 21.9. The molecule has 1 fully saturated rings. The predicted molar refractivity (Wildman–Crippen MR) is 126 cm³/mol. The lowest BCUT2D eigenvalue weighted by atomic mass is 9.95. The van der Waals surface area contributed by atoms with Crippen LogP contribution in [0.4, 0.5) is 11.5 Å².